The third-order valence-corrected chi connectivity index (χ3v) is 0.655. The number of rotatable bonds is 4. The van der Waals surface area contributed by atoms with Gasteiger partial charge in [0.25, 0.3) is 12.9 Å². The van der Waals surface area contributed by atoms with E-state index in [-0.39, 0.29) is 12.2 Å². The molecular formula is C8H16O4. The van der Waals surface area contributed by atoms with Crippen LogP contribution in [0.1, 0.15) is 27.7 Å². The summed E-state index contributed by atoms with van der Waals surface area (Å²) in [7, 11) is 0. The molecular weight excluding hydrogens is 160 g/mol. The summed E-state index contributed by atoms with van der Waals surface area (Å²) >= 11 is 0. The molecule has 0 rings (SSSR count). The maximum Gasteiger partial charge on any atom is 0.293 e. The van der Waals surface area contributed by atoms with E-state index >= 15 is 0 Å². The van der Waals surface area contributed by atoms with Crippen molar-refractivity contribution in [3.63, 3.8) is 0 Å². The fraction of sp³-hybridized carbons (Fsp3) is 0.750. The summed E-state index contributed by atoms with van der Waals surface area (Å²) in [5.41, 5.74) is 0. The molecule has 0 atom stereocenters. The van der Waals surface area contributed by atoms with E-state index < -0.39 is 0 Å². The highest BCUT2D eigenvalue weighted by Gasteiger charge is 1.84. The third kappa shape index (κ3) is 23.1. The summed E-state index contributed by atoms with van der Waals surface area (Å²) in [6.45, 7) is 8.10. The second-order valence-electron chi connectivity index (χ2n) is 2.56. The van der Waals surface area contributed by atoms with Gasteiger partial charge in [0.2, 0.25) is 0 Å². The average molecular weight is 176 g/mol. The van der Waals surface area contributed by atoms with E-state index in [1.807, 2.05) is 0 Å². The van der Waals surface area contributed by atoms with Gasteiger partial charge in [0, 0.05) is 0 Å². The Kier molecular flexibility index (Phi) is 11.2. The van der Waals surface area contributed by atoms with E-state index in [1.165, 1.54) is 0 Å². The summed E-state index contributed by atoms with van der Waals surface area (Å²) in [5.74, 6) is 0. The Morgan fingerprint density at radius 3 is 1.08 bits per heavy atom. The highest BCUT2D eigenvalue weighted by molar-refractivity contribution is 5.37. The molecule has 0 saturated carbocycles. The summed E-state index contributed by atoms with van der Waals surface area (Å²) in [5, 5.41) is 0. The fourth-order valence-electron chi connectivity index (χ4n) is 0.222. The van der Waals surface area contributed by atoms with Crippen LogP contribution in [0.5, 0.6) is 0 Å². The third-order valence-electron chi connectivity index (χ3n) is 0.655. The Morgan fingerprint density at radius 2 is 1.08 bits per heavy atom. The van der Waals surface area contributed by atoms with Gasteiger partial charge in [-0.05, 0) is 27.7 Å². The molecule has 12 heavy (non-hydrogen) atoms. The van der Waals surface area contributed by atoms with Crippen molar-refractivity contribution < 1.29 is 19.1 Å². The number of ether oxygens (including phenoxy) is 2. The quantitative estimate of drug-likeness (QED) is 0.602. The summed E-state index contributed by atoms with van der Waals surface area (Å²) in [6, 6.07) is 0. The van der Waals surface area contributed by atoms with Crippen molar-refractivity contribution >= 4 is 12.9 Å². The van der Waals surface area contributed by atoms with Crippen molar-refractivity contribution in [2.24, 2.45) is 0 Å². The Labute approximate surface area is 72.8 Å². The van der Waals surface area contributed by atoms with E-state index in [9.17, 15) is 9.59 Å². The van der Waals surface area contributed by atoms with E-state index in [2.05, 4.69) is 9.47 Å². The lowest BCUT2D eigenvalue weighted by Crippen LogP contribution is -1.98. The molecule has 0 N–H and O–H groups in total. The largest absolute Gasteiger partial charge is 0.465 e. The molecule has 4 nitrogen and oxygen atoms in total. The van der Waals surface area contributed by atoms with Gasteiger partial charge in [0.05, 0.1) is 12.2 Å². The van der Waals surface area contributed by atoms with Gasteiger partial charge in [-0.1, -0.05) is 0 Å². The standard InChI is InChI=1S/2C4H8O2/c2*1-4(2)6-3-5/h2*3-4H,1-2H3. The van der Waals surface area contributed by atoms with Crippen LogP contribution in [0.15, 0.2) is 0 Å². The Hall–Kier alpha value is -1.06. The number of carbonyl (C=O) groups excluding carboxylic acids is 2. The summed E-state index contributed by atoms with van der Waals surface area (Å²) in [6.07, 6.45) is 0.0602. The van der Waals surface area contributed by atoms with Crippen molar-refractivity contribution in [1.29, 1.82) is 0 Å². The van der Waals surface area contributed by atoms with Crippen LogP contribution in [0.3, 0.4) is 0 Å². The molecule has 0 aromatic heterocycles. The van der Waals surface area contributed by atoms with Crippen LogP contribution in [0.2, 0.25) is 0 Å². The average Bonchev–Trinajstić information content (AvgIpc) is 1.87. The van der Waals surface area contributed by atoms with Crippen LogP contribution in [-0.2, 0) is 19.1 Å². The molecule has 0 radical (unpaired) electrons. The number of carbonyl (C=O) groups is 2. The molecule has 0 aromatic carbocycles. The smallest absolute Gasteiger partial charge is 0.293 e. The lowest BCUT2D eigenvalue weighted by atomic mass is 10.5. The zero-order chi connectivity index (χ0) is 9.98. The van der Waals surface area contributed by atoms with Gasteiger partial charge in [-0.3, -0.25) is 9.59 Å². The lowest BCUT2D eigenvalue weighted by Gasteiger charge is -1.96. The molecule has 0 aliphatic heterocycles. The Morgan fingerprint density at radius 1 is 0.833 bits per heavy atom. The second kappa shape index (κ2) is 9.94. The van der Waals surface area contributed by atoms with E-state index in [1.54, 1.807) is 27.7 Å². The van der Waals surface area contributed by atoms with Crippen LogP contribution < -0.4 is 0 Å². The maximum atomic E-state index is 9.39. The van der Waals surface area contributed by atoms with Gasteiger partial charge < -0.3 is 9.47 Å². The first-order valence-corrected chi connectivity index (χ1v) is 3.72. The highest BCUT2D eigenvalue weighted by atomic mass is 16.5. The molecule has 0 aromatic rings. The molecule has 0 aliphatic carbocycles. The Balaban J connectivity index is 0. The van der Waals surface area contributed by atoms with Crippen molar-refractivity contribution in [3.05, 3.63) is 0 Å². The molecule has 0 spiro atoms. The van der Waals surface area contributed by atoms with Crippen molar-refractivity contribution in [2.45, 2.75) is 39.9 Å². The van der Waals surface area contributed by atoms with Gasteiger partial charge in [-0.25, -0.2) is 0 Å². The van der Waals surface area contributed by atoms with Crippen molar-refractivity contribution in [3.8, 4) is 0 Å². The lowest BCUT2D eigenvalue weighted by molar-refractivity contribution is -0.132. The van der Waals surface area contributed by atoms with Gasteiger partial charge in [-0.2, -0.15) is 0 Å². The fourth-order valence-corrected chi connectivity index (χ4v) is 0.222. The topological polar surface area (TPSA) is 52.6 Å². The van der Waals surface area contributed by atoms with Crippen LogP contribution in [-0.4, -0.2) is 25.2 Å². The van der Waals surface area contributed by atoms with E-state index in [0.717, 1.165) is 0 Å². The van der Waals surface area contributed by atoms with Gasteiger partial charge >= 0.3 is 0 Å². The predicted octanol–water partition coefficient (Wildman–Crippen LogP) is 1.14. The highest BCUT2D eigenvalue weighted by Crippen LogP contribution is 1.79. The molecule has 4 heteroatoms. The molecule has 0 heterocycles. The first-order chi connectivity index (χ1) is 5.54. The minimum absolute atomic E-state index is 0.0301. The maximum absolute atomic E-state index is 9.39. The predicted molar refractivity (Wildman–Crippen MR) is 44.6 cm³/mol. The zero-order valence-electron chi connectivity index (χ0n) is 7.94. The van der Waals surface area contributed by atoms with E-state index in [4.69, 9.17) is 0 Å². The SMILES string of the molecule is CC(C)OC=O.CC(C)OC=O. The second-order valence-corrected chi connectivity index (χ2v) is 2.56. The molecule has 0 unspecified atom stereocenters. The first-order valence-electron chi connectivity index (χ1n) is 3.72. The normalized spacial score (nSPS) is 8.50. The molecule has 0 aliphatic rings. The number of hydrogen-bond donors (Lipinski definition) is 0. The van der Waals surface area contributed by atoms with Gasteiger partial charge in [-0.15, -0.1) is 0 Å². The molecule has 0 saturated heterocycles. The zero-order valence-corrected chi connectivity index (χ0v) is 7.94. The first kappa shape index (κ1) is 13.5. The van der Waals surface area contributed by atoms with Gasteiger partial charge in [0.1, 0.15) is 0 Å². The van der Waals surface area contributed by atoms with Crippen LogP contribution in [0.4, 0.5) is 0 Å². The van der Waals surface area contributed by atoms with Crippen molar-refractivity contribution in [1.82, 2.24) is 0 Å². The Bertz CT molecular complexity index is 95.6. The minimum Gasteiger partial charge on any atom is -0.465 e. The summed E-state index contributed by atoms with van der Waals surface area (Å²) < 4.78 is 8.72. The number of hydrogen-bond acceptors (Lipinski definition) is 4. The summed E-state index contributed by atoms with van der Waals surface area (Å²) in [4.78, 5) is 18.8. The van der Waals surface area contributed by atoms with Crippen LogP contribution in [0.25, 0.3) is 0 Å². The van der Waals surface area contributed by atoms with Crippen LogP contribution in [0, 0.1) is 0 Å². The molecule has 0 bridgehead atoms. The van der Waals surface area contributed by atoms with Crippen LogP contribution >= 0.6 is 0 Å². The van der Waals surface area contributed by atoms with Crippen molar-refractivity contribution in [2.75, 3.05) is 0 Å². The molecule has 72 valence electrons. The van der Waals surface area contributed by atoms with Gasteiger partial charge in [0.15, 0.2) is 0 Å². The monoisotopic (exact) mass is 176 g/mol. The van der Waals surface area contributed by atoms with E-state index in [0.29, 0.717) is 12.9 Å². The molecule has 0 fully saturated rings. The minimum atomic E-state index is 0.0301. The molecule has 0 amide bonds.